The molecule has 0 aliphatic rings. The van der Waals surface area contributed by atoms with E-state index in [0.717, 1.165) is 5.56 Å². The van der Waals surface area contributed by atoms with Gasteiger partial charge in [-0.25, -0.2) is 18.0 Å². The number of ether oxygens (including phenoxy) is 1. The summed E-state index contributed by atoms with van der Waals surface area (Å²) in [5.41, 5.74) is 0.451. The summed E-state index contributed by atoms with van der Waals surface area (Å²) in [7, 11) is 0. The molecule has 1 N–H and O–H groups in total. The van der Waals surface area contributed by atoms with Crippen molar-refractivity contribution >= 4 is 23.5 Å². The van der Waals surface area contributed by atoms with Crippen LogP contribution in [0.3, 0.4) is 0 Å². The number of benzene rings is 2. The summed E-state index contributed by atoms with van der Waals surface area (Å²) in [6.45, 7) is -0.342. The largest absolute Gasteiger partial charge is 0.452 e. The Labute approximate surface area is 146 Å². The predicted octanol–water partition coefficient (Wildman–Crippen LogP) is 3.27. The van der Waals surface area contributed by atoms with Gasteiger partial charge in [-0.1, -0.05) is 23.7 Å². The minimum Gasteiger partial charge on any atom is -0.452 e. The average molecular weight is 372 g/mol. The van der Waals surface area contributed by atoms with Crippen LogP contribution in [0, 0.1) is 17.5 Å². The lowest BCUT2D eigenvalue weighted by Gasteiger charge is -2.08. The van der Waals surface area contributed by atoms with Crippen molar-refractivity contribution in [2.75, 3.05) is 13.2 Å². The van der Waals surface area contributed by atoms with Gasteiger partial charge in [-0.3, -0.25) is 4.79 Å². The standard InChI is InChI=1S/C17H13ClF3NO3/c18-13-8-15(21)14(20)7-12(13)17(24)25-9-16(23)22-6-5-10-1-3-11(19)4-2-10/h1-4,7-8H,5-6,9H2,(H,22,23). The summed E-state index contributed by atoms with van der Waals surface area (Å²) >= 11 is 5.64. The van der Waals surface area contributed by atoms with Crippen LogP contribution in [-0.2, 0) is 16.0 Å². The topological polar surface area (TPSA) is 55.4 Å². The van der Waals surface area contributed by atoms with Crippen LogP contribution in [0.1, 0.15) is 15.9 Å². The van der Waals surface area contributed by atoms with Crippen LogP contribution in [0.15, 0.2) is 36.4 Å². The number of carbonyl (C=O) groups is 2. The second-order valence-corrected chi connectivity index (χ2v) is 5.46. The summed E-state index contributed by atoms with van der Waals surface area (Å²) in [4.78, 5) is 23.4. The zero-order chi connectivity index (χ0) is 18.4. The zero-order valence-electron chi connectivity index (χ0n) is 12.8. The molecular weight excluding hydrogens is 359 g/mol. The molecule has 8 heteroatoms. The average Bonchev–Trinajstić information content (AvgIpc) is 2.58. The monoisotopic (exact) mass is 371 g/mol. The Morgan fingerprint density at radius 3 is 2.36 bits per heavy atom. The molecule has 0 unspecified atom stereocenters. The lowest BCUT2D eigenvalue weighted by atomic mass is 10.1. The molecule has 0 aliphatic carbocycles. The Morgan fingerprint density at radius 1 is 1.04 bits per heavy atom. The normalized spacial score (nSPS) is 10.4. The van der Waals surface area contributed by atoms with E-state index in [1.807, 2.05) is 0 Å². The van der Waals surface area contributed by atoms with E-state index in [1.165, 1.54) is 12.1 Å². The first-order valence-electron chi connectivity index (χ1n) is 7.19. The van der Waals surface area contributed by atoms with E-state index in [-0.39, 0.29) is 22.9 Å². The van der Waals surface area contributed by atoms with Crippen molar-refractivity contribution in [2.45, 2.75) is 6.42 Å². The first-order valence-corrected chi connectivity index (χ1v) is 7.57. The first kappa shape index (κ1) is 18.8. The van der Waals surface area contributed by atoms with Gasteiger partial charge in [0.05, 0.1) is 10.6 Å². The fourth-order valence-electron chi connectivity index (χ4n) is 1.94. The maximum Gasteiger partial charge on any atom is 0.340 e. The number of hydrogen-bond donors (Lipinski definition) is 1. The maximum atomic E-state index is 13.1. The van der Waals surface area contributed by atoms with Crippen LogP contribution in [0.5, 0.6) is 0 Å². The Hall–Kier alpha value is -2.54. The maximum absolute atomic E-state index is 13.1. The number of rotatable bonds is 6. The molecule has 132 valence electrons. The van der Waals surface area contributed by atoms with E-state index in [1.54, 1.807) is 12.1 Å². The van der Waals surface area contributed by atoms with E-state index < -0.39 is 30.1 Å². The molecule has 2 rings (SSSR count). The third-order valence-corrected chi connectivity index (χ3v) is 3.53. The van der Waals surface area contributed by atoms with Gasteiger partial charge in [0.25, 0.3) is 5.91 Å². The van der Waals surface area contributed by atoms with E-state index in [4.69, 9.17) is 16.3 Å². The summed E-state index contributed by atoms with van der Waals surface area (Å²) in [5.74, 6) is -4.41. The number of esters is 1. The van der Waals surface area contributed by atoms with Crippen LogP contribution >= 0.6 is 11.6 Å². The van der Waals surface area contributed by atoms with Gasteiger partial charge >= 0.3 is 5.97 Å². The lowest BCUT2D eigenvalue weighted by molar-refractivity contribution is -0.124. The third-order valence-electron chi connectivity index (χ3n) is 3.21. The SMILES string of the molecule is O=C(COC(=O)c1cc(F)c(F)cc1Cl)NCCc1ccc(F)cc1. The molecule has 1 amide bonds. The highest BCUT2D eigenvalue weighted by atomic mass is 35.5. The van der Waals surface area contributed by atoms with Gasteiger partial charge in [-0.2, -0.15) is 0 Å². The highest BCUT2D eigenvalue weighted by Gasteiger charge is 2.17. The lowest BCUT2D eigenvalue weighted by Crippen LogP contribution is -2.30. The molecule has 0 atom stereocenters. The van der Waals surface area contributed by atoms with E-state index in [9.17, 15) is 22.8 Å². The van der Waals surface area contributed by atoms with Crippen molar-refractivity contribution in [3.05, 3.63) is 70.0 Å². The van der Waals surface area contributed by atoms with Gasteiger partial charge in [0.1, 0.15) is 5.82 Å². The number of nitrogens with one attached hydrogen (secondary N) is 1. The first-order chi connectivity index (χ1) is 11.9. The Morgan fingerprint density at radius 2 is 1.68 bits per heavy atom. The molecule has 0 aliphatic heterocycles. The summed E-state index contributed by atoms with van der Waals surface area (Å²) in [6, 6.07) is 7.05. The minimum absolute atomic E-state index is 0.258. The van der Waals surface area contributed by atoms with Crippen LogP contribution in [-0.4, -0.2) is 25.0 Å². The highest BCUT2D eigenvalue weighted by Crippen LogP contribution is 2.20. The van der Waals surface area contributed by atoms with Gasteiger partial charge in [-0.05, 0) is 36.2 Å². The van der Waals surface area contributed by atoms with Gasteiger partial charge in [-0.15, -0.1) is 0 Å². The molecule has 0 radical (unpaired) electrons. The molecule has 0 heterocycles. The molecule has 0 aromatic heterocycles. The van der Waals surface area contributed by atoms with Crippen LogP contribution in [0.4, 0.5) is 13.2 Å². The number of carbonyl (C=O) groups excluding carboxylic acids is 2. The number of amides is 1. The van der Waals surface area contributed by atoms with Gasteiger partial charge in [0.15, 0.2) is 18.2 Å². The van der Waals surface area contributed by atoms with Crippen molar-refractivity contribution in [3.8, 4) is 0 Å². The number of halogens is 4. The summed E-state index contributed by atoms with van der Waals surface area (Å²) in [6.07, 6.45) is 0.467. The van der Waals surface area contributed by atoms with Gasteiger partial charge < -0.3 is 10.1 Å². The van der Waals surface area contributed by atoms with Crippen LogP contribution < -0.4 is 5.32 Å². The molecule has 0 bridgehead atoms. The predicted molar refractivity (Wildman–Crippen MR) is 84.8 cm³/mol. The molecular formula is C17H13ClF3NO3. The smallest absolute Gasteiger partial charge is 0.340 e. The van der Waals surface area contributed by atoms with Crippen molar-refractivity contribution in [1.82, 2.24) is 5.32 Å². The van der Waals surface area contributed by atoms with Crippen LogP contribution in [0.2, 0.25) is 5.02 Å². The summed E-state index contributed by atoms with van der Waals surface area (Å²) < 4.78 is 43.5. The minimum atomic E-state index is -1.25. The van der Waals surface area contributed by atoms with E-state index in [0.29, 0.717) is 18.6 Å². The molecule has 2 aromatic rings. The molecule has 25 heavy (non-hydrogen) atoms. The Bertz CT molecular complexity index is 781. The molecule has 0 saturated heterocycles. The third kappa shape index (κ3) is 5.49. The Kier molecular flexibility index (Phi) is 6.41. The molecule has 0 spiro atoms. The quantitative estimate of drug-likeness (QED) is 0.626. The highest BCUT2D eigenvalue weighted by molar-refractivity contribution is 6.33. The van der Waals surface area contributed by atoms with E-state index in [2.05, 4.69) is 5.32 Å². The van der Waals surface area contributed by atoms with Gasteiger partial charge in [0, 0.05) is 6.54 Å². The second-order valence-electron chi connectivity index (χ2n) is 5.05. The Balaban J connectivity index is 1.78. The second kappa shape index (κ2) is 8.53. The van der Waals surface area contributed by atoms with Crippen molar-refractivity contribution in [1.29, 1.82) is 0 Å². The van der Waals surface area contributed by atoms with E-state index >= 15 is 0 Å². The zero-order valence-corrected chi connectivity index (χ0v) is 13.6. The molecule has 2 aromatic carbocycles. The fourth-order valence-corrected chi connectivity index (χ4v) is 2.16. The summed E-state index contributed by atoms with van der Waals surface area (Å²) in [5, 5.41) is 2.19. The van der Waals surface area contributed by atoms with Crippen LogP contribution in [0.25, 0.3) is 0 Å². The molecule has 0 saturated carbocycles. The molecule has 0 fully saturated rings. The van der Waals surface area contributed by atoms with Gasteiger partial charge in [0.2, 0.25) is 0 Å². The number of hydrogen-bond acceptors (Lipinski definition) is 3. The molecule has 4 nitrogen and oxygen atoms in total. The van der Waals surface area contributed by atoms with Crippen molar-refractivity contribution in [3.63, 3.8) is 0 Å². The fraction of sp³-hybridized carbons (Fsp3) is 0.176. The van der Waals surface area contributed by atoms with Crippen molar-refractivity contribution in [2.24, 2.45) is 0 Å². The van der Waals surface area contributed by atoms with Crippen molar-refractivity contribution < 1.29 is 27.5 Å².